The Labute approximate surface area is 287 Å². The number of carbonyl (C=O) groups excluding carboxylic acids is 1. The van der Waals surface area contributed by atoms with Crippen LogP contribution >= 0.6 is 0 Å². The molecule has 0 aliphatic carbocycles. The van der Waals surface area contributed by atoms with Gasteiger partial charge in [0.2, 0.25) is 5.95 Å². The van der Waals surface area contributed by atoms with Gasteiger partial charge in [0.25, 0.3) is 5.56 Å². The number of amides is 1. The zero-order chi connectivity index (χ0) is 35.3. The highest BCUT2D eigenvalue weighted by molar-refractivity contribution is 5.81. The first-order valence-electron chi connectivity index (χ1n) is 16.8. The quantitative estimate of drug-likeness (QED) is 0.274. The van der Waals surface area contributed by atoms with E-state index >= 15 is 0 Å². The van der Waals surface area contributed by atoms with E-state index in [-0.39, 0.29) is 30.3 Å². The minimum atomic E-state index is -0.633. The number of fused-ring (bicyclic) bond motifs is 3. The van der Waals surface area contributed by atoms with Gasteiger partial charge in [0, 0.05) is 48.3 Å². The van der Waals surface area contributed by atoms with Crippen molar-refractivity contribution in [2.24, 2.45) is 7.05 Å². The third kappa shape index (κ3) is 6.28. The summed E-state index contributed by atoms with van der Waals surface area (Å²) in [6.45, 7) is 10.3. The molecule has 0 spiro atoms. The van der Waals surface area contributed by atoms with Crippen molar-refractivity contribution < 1.29 is 9.53 Å². The zero-order valence-electron chi connectivity index (χ0n) is 29.1. The van der Waals surface area contributed by atoms with Gasteiger partial charge < -0.3 is 15.0 Å². The fraction of sp³-hybridized carbons (Fsp3) is 0.389. The molecule has 50 heavy (non-hydrogen) atoms. The molecule has 0 bridgehead atoms. The monoisotopic (exact) mass is 676 g/mol. The Kier molecular flexibility index (Phi) is 8.32. The average Bonchev–Trinajstić information content (AvgIpc) is 3.44. The van der Waals surface area contributed by atoms with Crippen molar-refractivity contribution >= 4 is 45.0 Å². The lowest BCUT2D eigenvalue weighted by atomic mass is 10.1. The normalized spacial score (nSPS) is 15.2. The highest BCUT2D eigenvalue weighted by Gasteiger charge is 2.30. The van der Waals surface area contributed by atoms with Crippen molar-refractivity contribution in [2.75, 3.05) is 18.0 Å². The topological polar surface area (TPSA) is 155 Å². The van der Waals surface area contributed by atoms with Gasteiger partial charge in [0.1, 0.15) is 17.2 Å². The molecule has 0 saturated carbocycles. The van der Waals surface area contributed by atoms with E-state index in [0.29, 0.717) is 30.7 Å². The van der Waals surface area contributed by atoms with Crippen molar-refractivity contribution in [3.05, 3.63) is 92.4 Å². The van der Waals surface area contributed by atoms with Crippen LogP contribution in [0.25, 0.3) is 33.0 Å². The number of rotatable bonds is 6. The summed E-state index contributed by atoms with van der Waals surface area (Å²) in [7, 11) is 1.61. The van der Waals surface area contributed by atoms with Crippen LogP contribution in [-0.2, 0) is 24.9 Å². The van der Waals surface area contributed by atoms with E-state index < -0.39 is 22.9 Å². The number of aromatic nitrogens is 8. The molecule has 5 heterocycles. The molecule has 1 saturated heterocycles. The Morgan fingerprint density at radius 2 is 1.44 bits per heavy atom. The van der Waals surface area contributed by atoms with Crippen LogP contribution in [0.5, 0.6) is 0 Å². The number of para-hydroxylation sites is 2. The van der Waals surface area contributed by atoms with Crippen LogP contribution in [0.15, 0.2) is 58.1 Å². The highest BCUT2D eigenvalue weighted by atomic mass is 16.6. The Hall–Kier alpha value is -5.66. The number of nitrogens with one attached hydrogen (secondary N) is 1. The molecule has 4 aromatic heterocycles. The number of hydrogen-bond acceptors (Lipinski definition) is 10. The molecule has 1 N–H and O–H groups in total. The fourth-order valence-electron chi connectivity index (χ4n) is 6.66. The second kappa shape index (κ2) is 12.7. The van der Waals surface area contributed by atoms with Crippen LogP contribution in [0.1, 0.15) is 56.6 Å². The lowest BCUT2D eigenvalue weighted by Crippen LogP contribution is -2.49. The van der Waals surface area contributed by atoms with Crippen LogP contribution in [-0.4, -0.2) is 69.4 Å². The van der Waals surface area contributed by atoms with Gasteiger partial charge in [0.05, 0.1) is 24.1 Å². The number of nitrogens with zero attached hydrogens (tertiary/aromatic N) is 9. The lowest BCUT2D eigenvalue weighted by molar-refractivity contribution is 0.0499. The van der Waals surface area contributed by atoms with E-state index in [1.54, 1.807) is 11.6 Å². The smallest absolute Gasteiger partial charge is 0.407 e. The molecule has 14 heteroatoms. The van der Waals surface area contributed by atoms with Crippen molar-refractivity contribution in [2.45, 2.75) is 72.2 Å². The second-order valence-electron chi connectivity index (χ2n) is 13.8. The maximum Gasteiger partial charge on any atom is 0.407 e. The molecular weight excluding hydrogens is 636 g/mol. The Morgan fingerprint density at radius 3 is 2.04 bits per heavy atom. The Bertz CT molecular complexity index is 2410. The van der Waals surface area contributed by atoms with Gasteiger partial charge in [0.15, 0.2) is 11.2 Å². The summed E-state index contributed by atoms with van der Waals surface area (Å²) in [6, 6.07) is 15.2. The molecule has 1 aliphatic rings. The molecule has 0 unspecified atom stereocenters. The molecule has 258 valence electrons. The van der Waals surface area contributed by atoms with Crippen LogP contribution in [0.4, 0.5) is 10.7 Å². The summed E-state index contributed by atoms with van der Waals surface area (Å²) < 4.78 is 9.85. The van der Waals surface area contributed by atoms with Crippen molar-refractivity contribution in [3.8, 4) is 0 Å². The Balaban J connectivity index is 1.35. The van der Waals surface area contributed by atoms with Crippen LogP contribution in [0.2, 0.25) is 0 Å². The maximum absolute atomic E-state index is 14.5. The number of ether oxygens (including phenoxy) is 1. The first-order valence-corrected chi connectivity index (χ1v) is 16.8. The van der Waals surface area contributed by atoms with E-state index in [4.69, 9.17) is 19.7 Å². The summed E-state index contributed by atoms with van der Waals surface area (Å²) in [6.07, 6.45) is 1.02. The number of carbonyl (C=O) groups is 1. The summed E-state index contributed by atoms with van der Waals surface area (Å²) in [5.74, 6) is 1.33. The SMILES string of the molecule is Cc1nc(Cn2c(=O)c3c(nc(N4CCC[C@@H](NC(=O)OC(C)(C)C)C4)n3Cc3nc(C)c4ccccc4n3)n(C)c2=O)nc2ccccc12. The fourth-order valence-corrected chi connectivity index (χ4v) is 6.66. The predicted octanol–water partition coefficient (Wildman–Crippen LogP) is 3.99. The first kappa shape index (κ1) is 32.9. The predicted molar refractivity (Wildman–Crippen MR) is 191 cm³/mol. The zero-order valence-corrected chi connectivity index (χ0v) is 29.1. The van der Waals surface area contributed by atoms with Gasteiger partial charge in [-0.15, -0.1) is 0 Å². The third-order valence-corrected chi connectivity index (χ3v) is 8.92. The van der Waals surface area contributed by atoms with Gasteiger partial charge in [-0.2, -0.15) is 4.98 Å². The van der Waals surface area contributed by atoms with Gasteiger partial charge in [-0.3, -0.25) is 18.5 Å². The molecule has 2 aromatic carbocycles. The minimum absolute atomic E-state index is 0.120. The lowest BCUT2D eigenvalue weighted by Gasteiger charge is -2.34. The van der Waals surface area contributed by atoms with Crippen molar-refractivity contribution in [1.29, 1.82) is 0 Å². The summed E-state index contributed by atoms with van der Waals surface area (Å²) in [4.78, 5) is 66.9. The number of alkyl carbamates (subject to hydrolysis) is 1. The number of hydrogen-bond donors (Lipinski definition) is 1. The van der Waals surface area contributed by atoms with Gasteiger partial charge in [-0.05, 0) is 59.6 Å². The highest BCUT2D eigenvalue weighted by Crippen LogP contribution is 2.25. The van der Waals surface area contributed by atoms with Crippen molar-refractivity contribution in [1.82, 2.24) is 43.9 Å². The summed E-state index contributed by atoms with van der Waals surface area (Å²) in [5.41, 5.74) is 1.87. The number of anilines is 1. The molecule has 1 amide bonds. The van der Waals surface area contributed by atoms with Crippen LogP contribution in [0.3, 0.4) is 0 Å². The molecular formula is C36H40N10O4. The molecule has 1 aliphatic heterocycles. The summed E-state index contributed by atoms with van der Waals surface area (Å²) in [5, 5.41) is 4.83. The largest absolute Gasteiger partial charge is 0.444 e. The average molecular weight is 677 g/mol. The van der Waals surface area contributed by atoms with E-state index in [9.17, 15) is 14.4 Å². The van der Waals surface area contributed by atoms with E-state index in [1.165, 1.54) is 4.57 Å². The van der Waals surface area contributed by atoms with Crippen LogP contribution < -0.4 is 21.5 Å². The molecule has 1 fully saturated rings. The second-order valence-corrected chi connectivity index (χ2v) is 13.8. The number of imidazole rings is 1. The Morgan fingerprint density at radius 1 is 0.860 bits per heavy atom. The van der Waals surface area contributed by atoms with Gasteiger partial charge in [-0.1, -0.05) is 36.4 Å². The summed E-state index contributed by atoms with van der Waals surface area (Å²) >= 11 is 0. The molecule has 14 nitrogen and oxygen atoms in total. The van der Waals surface area contributed by atoms with E-state index in [0.717, 1.165) is 50.6 Å². The third-order valence-electron chi connectivity index (χ3n) is 8.92. The van der Waals surface area contributed by atoms with Crippen molar-refractivity contribution in [3.63, 3.8) is 0 Å². The maximum atomic E-state index is 14.5. The van der Waals surface area contributed by atoms with Gasteiger partial charge in [-0.25, -0.2) is 29.5 Å². The van der Waals surface area contributed by atoms with Gasteiger partial charge >= 0.3 is 11.8 Å². The number of aryl methyl sites for hydroxylation is 3. The standard InChI is InChI=1S/C36H40N10O4/c1-21-24-13-7-9-15-26(24)40-28(37-21)19-45-30-31(42-33(45)44-17-11-12-23(18-44)39-34(48)50-36(3,4)5)43(6)35(49)46(32(30)47)20-29-38-22(2)25-14-8-10-16-27(25)41-29/h7-10,13-16,23H,11-12,17-20H2,1-6H3,(H,39,48)/t23-/m1/s1. The van der Waals surface area contributed by atoms with E-state index in [2.05, 4.69) is 15.3 Å². The van der Waals surface area contributed by atoms with E-state index in [1.807, 2.05) is 88.0 Å². The molecule has 6 aromatic rings. The molecule has 7 rings (SSSR count). The molecule has 1 atom stereocenters. The first-order chi connectivity index (χ1) is 23.9. The minimum Gasteiger partial charge on any atom is -0.444 e. The number of piperidine rings is 1. The molecule has 0 radical (unpaired) electrons. The number of benzene rings is 2. The van der Waals surface area contributed by atoms with Crippen LogP contribution in [0, 0.1) is 13.8 Å².